The van der Waals surface area contributed by atoms with Crippen molar-refractivity contribution < 1.29 is 19.2 Å². The Kier molecular flexibility index (Phi) is 4.40. The van der Waals surface area contributed by atoms with Crippen molar-refractivity contribution in [1.82, 2.24) is 0 Å². The molecule has 0 radical (unpaired) electrons. The lowest BCUT2D eigenvalue weighted by Gasteiger charge is -2.29. The van der Waals surface area contributed by atoms with Crippen LogP contribution in [-0.2, 0) is 4.79 Å². The topological polar surface area (TPSA) is 83.7 Å². The van der Waals surface area contributed by atoms with Crippen LogP contribution < -0.4 is 4.90 Å². The molecule has 1 atom stereocenters. The van der Waals surface area contributed by atoms with Crippen LogP contribution in [-0.4, -0.2) is 28.6 Å². The van der Waals surface area contributed by atoms with Gasteiger partial charge in [-0.25, -0.2) is 9.18 Å². The van der Waals surface area contributed by atoms with Crippen molar-refractivity contribution in [1.29, 1.82) is 0 Å². The number of rotatable bonds is 3. The maximum absolute atomic E-state index is 13.6. The molecule has 0 aromatic heterocycles. The van der Waals surface area contributed by atoms with Gasteiger partial charge in [0.15, 0.2) is 0 Å². The normalized spacial score (nSPS) is 19.1. The number of carbonyl (C=O) groups is 1. The van der Waals surface area contributed by atoms with Gasteiger partial charge in [-0.1, -0.05) is 12.8 Å². The van der Waals surface area contributed by atoms with Crippen LogP contribution in [0.5, 0.6) is 0 Å². The Morgan fingerprint density at radius 2 is 2.14 bits per heavy atom. The van der Waals surface area contributed by atoms with Crippen molar-refractivity contribution in [3.05, 3.63) is 33.6 Å². The van der Waals surface area contributed by atoms with Crippen LogP contribution in [0, 0.1) is 22.9 Å². The van der Waals surface area contributed by atoms with Crippen LogP contribution in [0.1, 0.15) is 31.2 Å². The van der Waals surface area contributed by atoms with Crippen molar-refractivity contribution in [2.75, 3.05) is 11.4 Å². The molecule has 7 heteroatoms. The Labute approximate surface area is 121 Å². The zero-order valence-electron chi connectivity index (χ0n) is 11.7. The minimum atomic E-state index is -1.01. The summed E-state index contributed by atoms with van der Waals surface area (Å²) in [6.45, 7) is 1.93. The van der Waals surface area contributed by atoms with Crippen LogP contribution in [0.3, 0.4) is 0 Å². The summed E-state index contributed by atoms with van der Waals surface area (Å²) in [5.41, 5.74) is 0.0726. The van der Waals surface area contributed by atoms with Gasteiger partial charge in [-0.05, 0) is 31.4 Å². The molecule has 1 aromatic carbocycles. The van der Waals surface area contributed by atoms with Gasteiger partial charge in [0.25, 0.3) is 5.69 Å². The Morgan fingerprint density at radius 1 is 1.43 bits per heavy atom. The van der Waals surface area contributed by atoms with Gasteiger partial charge in [-0.2, -0.15) is 0 Å². The first kappa shape index (κ1) is 15.2. The Bertz CT molecular complexity index is 576. The quantitative estimate of drug-likeness (QED) is 0.685. The first-order valence-corrected chi connectivity index (χ1v) is 6.86. The molecule has 0 spiro atoms. The molecule has 1 N–H and O–H groups in total. The molecule has 1 fully saturated rings. The molecular weight excluding hydrogens is 279 g/mol. The van der Waals surface area contributed by atoms with Crippen molar-refractivity contribution in [2.24, 2.45) is 0 Å². The van der Waals surface area contributed by atoms with Crippen LogP contribution in [0.15, 0.2) is 12.1 Å². The van der Waals surface area contributed by atoms with Gasteiger partial charge in [0.05, 0.1) is 11.0 Å². The Hall–Kier alpha value is -2.18. The van der Waals surface area contributed by atoms with E-state index in [0.717, 1.165) is 25.3 Å². The maximum atomic E-state index is 13.6. The Balaban J connectivity index is 2.53. The lowest BCUT2D eigenvalue weighted by molar-refractivity contribution is -0.384. The standard InChI is InChI=1S/C14H17FN2O4/c1-9-7-12(13(17(20)21)8-10(9)15)16-6-4-2-3-5-11(16)14(18)19/h7-8,11H,2-6H2,1H3,(H,18,19). The number of nitro benzene ring substituents is 1. The first-order valence-electron chi connectivity index (χ1n) is 6.86. The third kappa shape index (κ3) is 3.12. The number of hydrogen-bond donors (Lipinski definition) is 1. The third-order valence-electron chi connectivity index (χ3n) is 3.80. The van der Waals surface area contributed by atoms with Crippen LogP contribution in [0.4, 0.5) is 15.8 Å². The van der Waals surface area contributed by atoms with E-state index in [1.165, 1.54) is 17.9 Å². The van der Waals surface area contributed by atoms with Gasteiger partial charge < -0.3 is 10.0 Å². The molecule has 0 saturated carbocycles. The van der Waals surface area contributed by atoms with Gasteiger partial charge in [0.1, 0.15) is 17.5 Å². The van der Waals surface area contributed by atoms with Crippen LogP contribution >= 0.6 is 0 Å². The highest BCUT2D eigenvalue weighted by Crippen LogP contribution is 2.34. The summed E-state index contributed by atoms with van der Waals surface area (Å²) >= 11 is 0. The molecular formula is C14H17FN2O4. The van der Waals surface area contributed by atoms with Crippen molar-refractivity contribution in [3.63, 3.8) is 0 Å². The van der Waals surface area contributed by atoms with E-state index in [-0.39, 0.29) is 16.9 Å². The summed E-state index contributed by atoms with van der Waals surface area (Å²) in [6, 6.07) is 1.43. The number of carboxylic acids is 1. The molecule has 6 nitrogen and oxygen atoms in total. The summed E-state index contributed by atoms with van der Waals surface area (Å²) < 4.78 is 13.6. The van der Waals surface area contributed by atoms with Crippen molar-refractivity contribution in [3.8, 4) is 0 Å². The molecule has 2 rings (SSSR count). The molecule has 1 aliphatic rings. The highest BCUT2D eigenvalue weighted by molar-refractivity contribution is 5.80. The second kappa shape index (κ2) is 6.07. The predicted molar refractivity (Wildman–Crippen MR) is 75.0 cm³/mol. The zero-order valence-corrected chi connectivity index (χ0v) is 11.7. The van der Waals surface area contributed by atoms with Crippen LogP contribution in [0.25, 0.3) is 0 Å². The minimum Gasteiger partial charge on any atom is -0.480 e. The molecule has 0 aliphatic carbocycles. The number of benzene rings is 1. The second-order valence-electron chi connectivity index (χ2n) is 5.24. The van der Waals surface area contributed by atoms with Gasteiger partial charge >= 0.3 is 5.97 Å². The van der Waals surface area contributed by atoms with Gasteiger partial charge in [-0.3, -0.25) is 10.1 Å². The van der Waals surface area contributed by atoms with E-state index >= 15 is 0 Å². The summed E-state index contributed by atoms with van der Waals surface area (Å²) in [4.78, 5) is 23.5. The number of halogens is 1. The zero-order chi connectivity index (χ0) is 15.6. The highest BCUT2D eigenvalue weighted by Gasteiger charge is 2.32. The number of hydrogen-bond acceptors (Lipinski definition) is 4. The molecule has 1 aliphatic heterocycles. The SMILES string of the molecule is Cc1cc(N2CCCCCC2C(=O)O)c([N+](=O)[O-])cc1F. The fourth-order valence-electron chi connectivity index (χ4n) is 2.69. The number of aryl methyl sites for hydroxylation is 1. The van der Waals surface area contributed by atoms with Gasteiger partial charge in [-0.15, -0.1) is 0 Å². The average Bonchev–Trinajstić information content (AvgIpc) is 2.66. The molecule has 1 heterocycles. The highest BCUT2D eigenvalue weighted by atomic mass is 19.1. The van der Waals surface area contributed by atoms with Gasteiger partial charge in [0.2, 0.25) is 0 Å². The average molecular weight is 296 g/mol. The van der Waals surface area contributed by atoms with E-state index in [1.54, 1.807) is 0 Å². The number of nitrogens with zero attached hydrogens (tertiary/aromatic N) is 2. The van der Waals surface area contributed by atoms with E-state index < -0.39 is 22.8 Å². The first-order chi connectivity index (χ1) is 9.91. The number of carboxylic acid groups (broad SMARTS) is 1. The predicted octanol–water partition coefficient (Wildman–Crippen LogP) is 2.88. The van der Waals surface area contributed by atoms with E-state index in [0.29, 0.717) is 13.0 Å². The smallest absolute Gasteiger partial charge is 0.326 e. The fourth-order valence-corrected chi connectivity index (χ4v) is 2.69. The van der Waals surface area contributed by atoms with Crippen LogP contribution in [0.2, 0.25) is 0 Å². The van der Waals surface area contributed by atoms with E-state index in [4.69, 9.17) is 0 Å². The second-order valence-corrected chi connectivity index (χ2v) is 5.24. The molecule has 1 unspecified atom stereocenters. The fraction of sp³-hybridized carbons (Fsp3) is 0.500. The lowest BCUT2D eigenvalue weighted by atomic mass is 10.1. The monoisotopic (exact) mass is 296 g/mol. The molecule has 1 saturated heterocycles. The van der Waals surface area contributed by atoms with Crippen molar-refractivity contribution in [2.45, 2.75) is 38.6 Å². The van der Waals surface area contributed by atoms with E-state index in [9.17, 15) is 24.4 Å². The van der Waals surface area contributed by atoms with Gasteiger partial charge in [0, 0.05) is 6.54 Å². The van der Waals surface area contributed by atoms with E-state index in [2.05, 4.69) is 0 Å². The third-order valence-corrected chi connectivity index (χ3v) is 3.80. The molecule has 21 heavy (non-hydrogen) atoms. The summed E-state index contributed by atoms with van der Waals surface area (Å²) in [5, 5.41) is 20.5. The summed E-state index contributed by atoms with van der Waals surface area (Å²) in [7, 11) is 0. The molecule has 0 bridgehead atoms. The molecule has 114 valence electrons. The minimum absolute atomic E-state index is 0.188. The van der Waals surface area contributed by atoms with Crippen molar-refractivity contribution >= 4 is 17.3 Å². The maximum Gasteiger partial charge on any atom is 0.326 e. The lowest BCUT2D eigenvalue weighted by Crippen LogP contribution is -2.41. The molecule has 1 aromatic rings. The largest absolute Gasteiger partial charge is 0.480 e. The van der Waals surface area contributed by atoms with E-state index in [1.807, 2.05) is 0 Å². The number of anilines is 1. The number of nitro groups is 1. The molecule has 0 amide bonds. The summed E-state index contributed by atoms with van der Waals surface area (Å²) in [5.74, 6) is -1.67. The summed E-state index contributed by atoms with van der Waals surface area (Å²) in [6.07, 6.45) is 2.84. The Morgan fingerprint density at radius 3 is 2.76 bits per heavy atom. The number of aliphatic carboxylic acids is 1.